The Morgan fingerprint density at radius 3 is 1.71 bits per heavy atom. The second-order valence-corrected chi connectivity index (χ2v) is 23.5. The smallest absolute Gasteiger partial charge is 0.252 e. The molecule has 4 heteroatoms. The van der Waals surface area contributed by atoms with Gasteiger partial charge in [0.2, 0.25) is 0 Å². The monoisotopic (exact) mass is 817 g/mol. The van der Waals surface area contributed by atoms with E-state index in [4.69, 9.17) is 4.42 Å². The molecule has 7 aromatic rings. The van der Waals surface area contributed by atoms with Gasteiger partial charge in [0.15, 0.2) is 5.58 Å². The number of aryl methyl sites for hydroxylation is 2. The van der Waals surface area contributed by atoms with Crippen molar-refractivity contribution in [2.24, 2.45) is 0 Å². The maximum Gasteiger partial charge on any atom is 0.252 e. The first-order valence-electron chi connectivity index (χ1n) is 23.1. The summed E-state index contributed by atoms with van der Waals surface area (Å²) >= 11 is 0. The predicted molar refractivity (Wildman–Crippen MR) is 269 cm³/mol. The Kier molecular flexibility index (Phi) is 8.67. The van der Waals surface area contributed by atoms with Gasteiger partial charge in [-0.3, -0.25) is 0 Å². The molecule has 0 unspecified atom stereocenters. The molecule has 0 radical (unpaired) electrons. The summed E-state index contributed by atoms with van der Waals surface area (Å²) < 4.78 is 7.20. The molecule has 3 heterocycles. The summed E-state index contributed by atoms with van der Waals surface area (Å²) in [5, 5.41) is 2.34. The molecule has 0 amide bonds. The Bertz CT molecular complexity index is 3010. The molecule has 0 saturated heterocycles. The van der Waals surface area contributed by atoms with Crippen LogP contribution in [0, 0.1) is 13.8 Å². The van der Waals surface area contributed by atoms with E-state index in [1.807, 2.05) is 0 Å². The van der Waals surface area contributed by atoms with Gasteiger partial charge < -0.3 is 14.2 Å². The van der Waals surface area contributed by atoms with Crippen LogP contribution in [0.2, 0.25) is 0 Å². The fourth-order valence-corrected chi connectivity index (χ4v) is 11.0. The van der Waals surface area contributed by atoms with Crippen molar-refractivity contribution in [3.05, 3.63) is 136 Å². The molecular formula is C58H65BN2O. The summed E-state index contributed by atoms with van der Waals surface area (Å²) in [6.45, 7) is 35.4. The molecule has 1 aromatic heterocycles. The van der Waals surface area contributed by atoms with Crippen LogP contribution in [0.5, 0.6) is 0 Å². The van der Waals surface area contributed by atoms with Gasteiger partial charge in [-0.05, 0) is 152 Å². The van der Waals surface area contributed by atoms with E-state index in [2.05, 4.69) is 211 Å². The van der Waals surface area contributed by atoms with E-state index < -0.39 is 0 Å². The lowest BCUT2D eigenvalue weighted by Crippen LogP contribution is -2.62. The molecule has 2 aliphatic heterocycles. The van der Waals surface area contributed by atoms with Crippen LogP contribution < -0.4 is 26.2 Å². The molecule has 62 heavy (non-hydrogen) atoms. The highest BCUT2D eigenvalue weighted by Gasteiger charge is 2.48. The third-order valence-electron chi connectivity index (χ3n) is 15.0. The van der Waals surface area contributed by atoms with Crippen LogP contribution in [-0.2, 0) is 27.1 Å². The second-order valence-electron chi connectivity index (χ2n) is 23.5. The lowest BCUT2D eigenvalue weighted by atomic mass is 9.33. The van der Waals surface area contributed by atoms with E-state index in [-0.39, 0.29) is 33.8 Å². The first kappa shape index (κ1) is 40.8. The molecule has 0 fully saturated rings. The van der Waals surface area contributed by atoms with Crippen LogP contribution in [0.1, 0.15) is 142 Å². The van der Waals surface area contributed by atoms with Crippen LogP contribution in [0.3, 0.4) is 0 Å². The van der Waals surface area contributed by atoms with E-state index in [1.165, 1.54) is 101 Å². The van der Waals surface area contributed by atoms with E-state index >= 15 is 0 Å². The average molecular weight is 817 g/mol. The van der Waals surface area contributed by atoms with Gasteiger partial charge >= 0.3 is 0 Å². The zero-order valence-electron chi connectivity index (χ0n) is 40.0. The van der Waals surface area contributed by atoms with Crippen LogP contribution in [0.15, 0.2) is 101 Å². The topological polar surface area (TPSA) is 19.6 Å². The number of benzene rings is 6. The Morgan fingerprint density at radius 1 is 0.500 bits per heavy atom. The van der Waals surface area contributed by atoms with E-state index in [0.717, 1.165) is 23.3 Å². The van der Waals surface area contributed by atoms with Gasteiger partial charge in [-0.25, -0.2) is 0 Å². The predicted octanol–water partition coefficient (Wildman–Crippen LogP) is 14.5. The normalized spacial score (nSPS) is 16.7. The van der Waals surface area contributed by atoms with Crippen molar-refractivity contribution in [3.63, 3.8) is 0 Å². The van der Waals surface area contributed by atoms with Crippen molar-refractivity contribution >= 4 is 79.2 Å². The van der Waals surface area contributed by atoms with Crippen LogP contribution in [-0.4, -0.2) is 6.71 Å². The molecule has 3 aliphatic rings. The zero-order chi connectivity index (χ0) is 44.2. The fourth-order valence-electron chi connectivity index (χ4n) is 11.0. The highest BCUT2D eigenvalue weighted by molar-refractivity contribution is 7.00. The lowest BCUT2D eigenvalue weighted by molar-refractivity contribution is 0.332. The molecule has 316 valence electrons. The van der Waals surface area contributed by atoms with Gasteiger partial charge in [0.1, 0.15) is 5.58 Å². The molecule has 10 rings (SSSR count). The summed E-state index contributed by atoms with van der Waals surface area (Å²) in [7, 11) is 0. The van der Waals surface area contributed by atoms with Crippen LogP contribution in [0.25, 0.3) is 21.9 Å². The first-order valence-corrected chi connectivity index (χ1v) is 23.1. The van der Waals surface area contributed by atoms with Crippen LogP contribution in [0.4, 0.5) is 34.1 Å². The minimum atomic E-state index is -0.119. The number of nitrogens with zero attached hydrogens (tertiary/aromatic N) is 2. The van der Waals surface area contributed by atoms with Gasteiger partial charge in [-0.1, -0.05) is 145 Å². The Morgan fingerprint density at radius 2 is 1.08 bits per heavy atom. The number of hydrogen-bond donors (Lipinski definition) is 0. The Labute approximate surface area is 371 Å². The van der Waals surface area contributed by atoms with E-state index in [9.17, 15) is 0 Å². The molecule has 3 nitrogen and oxygen atoms in total. The minimum Gasteiger partial charge on any atom is -0.454 e. The number of para-hydroxylation sites is 1. The van der Waals surface area contributed by atoms with Crippen molar-refractivity contribution in [1.29, 1.82) is 0 Å². The van der Waals surface area contributed by atoms with E-state index in [0.29, 0.717) is 0 Å². The van der Waals surface area contributed by atoms with Crippen molar-refractivity contribution < 1.29 is 4.42 Å². The van der Waals surface area contributed by atoms with Gasteiger partial charge in [0.05, 0.1) is 5.69 Å². The molecule has 0 atom stereocenters. The van der Waals surface area contributed by atoms with Crippen molar-refractivity contribution in [2.45, 2.75) is 144 Å². The maximum atomic E-state index is 7.20. The molecule has 0 saturated carbocycles. The van der Waals surface area contributed by atoms with E-state index in [1.54, 1.807) is 0 Å². The van der Waals surface area contributed by atoms with Gasteiger partial charge in [0, 0.05) is 39.2 Å². The largest absolute Gasteiger partial charge is 0.454 e. The number of rotatable bonds is 2. The van der Waals surface area contributed by atoms with Crippen molar-refractivity contribution in [2.75, 3.05) is 9.80 Å². The molecular weight excluding hydrogens is 751 g/mol. The second kappa shape index (κ2) is 13.2. The lowest BCUT2D eigenvalue weighted by Gasteiger charge is -2.48. The minimum absolute atomic E-state index is 0.0152. The number of anilines is 6. The third-order valence-corrected chi connectivity index (χ3v) is 15.0. The Balaban J connectivity index is 1.38. The summed E-state index contributed by atoms with van der Waals surface area (Å²) in [6.07, 6.45) is 2.33. The highest BCUT2D eigenvalue weighted by Crippen LogP contribution is 2.53. The number of fused-ring (bicyclic) bond motifs is 9. The molecule has 6 aromatic carbocycles. The number of furan rings is 1. The first-order chi connectivity index (χ1) is 29.0. The van der Waals surface area contributed by atoms with Gasteiger partial charge in [-0.2, -0.15) is 0 Å². The summed E-state index contributed by atoms with van der Waals surface area (Å²) in [4.78, 5) is 5.24. The maximum absolute atomic E-state index is 7.20. The zero-order valence-corrected chi connectivity index (χ0v) is 40.0. The van der Waals surface area contributed by atoms with Gasteiger partial charge in [-0.15, -0.1) is 0 Å². The summed E-state index contributed by atoms with van der Waals surface area (Å²) in [5.41, 5.74) is 22.8. The summed E-state index contributed by atoms with van der Waals surface area (Å²) in [6, 6.07) is 38.1. The molecule has 0 bridgehead atoms. The van der Waals surface area contributed by atoms with Crippen molar-refractivity contribution in [1.82, 2.24) is 0 Å². The Hall–Kier alpha value is -5.22. The molecule has 0 spiro atoms. The number of hydrogen-bond acceptors (Lipinski definition) is 3. The summed E-state index contributed by atoms with van der Waals surface area (Å²) in [5.74, 6) is 0. The van der Waals surface area contributed by atoms with Gasteiger partial charge in [0.25, 0.3) is 6.71 Å². The molecule has 0 N–H and O–H groups in total. The average Bonchev–Trinajstić information content (AvgIpc) is 3.57. The fraction of sp³-hybridized carbons (Fsp3) is 0.379. The van der Waals surface area contributed by atoms with Crippen LogP contribution >= 0.6 is 0 Å². The van der Waals surface area contributed by atoms with Crippen molar-refractivity contribution in [3.8, 4) is 0 Å². The third kappa shape index (κ3) is 6.05. The standard InChI is InChI=1S/C58H65BN2O/c1-34-18-16-17-19-45(34)61-49-31-38(56(9,10)11)30-48-51(49)59(43-23-22-39-40-29-37(55(6,7)8)21-25-50(40)62-53(39)52(43)61)44-32-41-42(58(14,15)27-26-57(41,12)13)33-47(44)60(48)46-24-20-36(28-35(46)2)54(3,4)5/h16-25,28-33H,26-27H2,1-15H3. The SMILES string of the molecule is Cc1cc(C(C)(C)C)ccc1N1c2cc3c(cc2B2c4ccc5c(oc6ccc(C(C)(C)C)cc65)c4N(c4ccccc4C)c4cc(C(C)(C)C)cc1c42)C(C)(C)CCC3(C)C. The quantitative estimate of drug-likeness (QED) is 0.162. The molecule has 1 aliphatic carbocycles. The highest BCUT2D eigenvalue weighted by atomic mass is 16.3.